The Labute approximate surface area is 155 Å². The zero-order valence-electron chi connectivity index (χ0n) is 13.7. The molecular weight excluding hydrogens is 411 g/mol. The van der Waals surface area contributed by atoms with Crippen molar-refractivity contribution in [3.63, 3.8) is 0 Å². The van der Waals surface area contributed by atoms with Gasteiger partial charge in [-0.05, 0) is 58.4 Å². The molecule has 25 heavy (non-hydrogen) atoms. The Hall–Kier alpha value is -1.64. The molecule has 0 saturated carbocycles. The summed E-state index contributed by atoms with van der Waals surface area (Å²) in [6.45, 7) is 1.87. The number of hydrogen-bond acceptors (Lipinski definition) is 4. The summed E-state index contributed by atoms with van der Waals surface area (Å²) in [7, 11) is -2.03. The minimum Gasteiger partial charge on any atom is -0.496 e. The molecule has 1 saturated heterocycles. The molecule has 0 amide bonds. The van der Waals surface area contributed by atoms with Crippen molar-refractivity contribution in [2.75, 3.05) is 38.2 Å². The van der Waals surface area contributed by atoms with Crippen LogP contribution in [-0.2, 0) is 10.0 Å². The van der Waals surface area contributed by atoms with E-state index >= 15 is 0 Å². The molecule has 1 aliphatic rings. The van der Waals surface area contributed by atoms with Crippen LogP contribution >= 0.6 is 15.9 Å². The van der Waals surface area contributed by atoms with Crippen LogP contribution in [0.1, 0.15) is 0 Å². The van der Waals surface area contributed by atoms with Crippen molar-refractivity contribution in [3.8, 4) is 5.75 Å². The van der Waals surface area contributed by atoms with Gasteiger partial charge in [-0.3, -0.25) is 0 Å². The van der Waals surface area contributed by atoms with Crippen LogP contribution in [0.4, 0.5) is 10.1 Å². The van der Waals surface area contributed by atoms with Gasteiger partial charge in [-0.25, -0.2) is 12.8 Å². The van der Waals surface area contributed by atoms with Crippen LogP contribution in [0.5, 0.6) is 5.75 Å². The second kappa shape index (κ2) is 7.31. The topological polar surface area (TPSA) is 49.9 Å². The fourth-order valence-electron chi connectivity index (χ4n) is 2.80. The van der Waals surface area contributed by atoms with Gasteiger partial charge in [0.1, 0.15) is 11.6 Å². The minimum absolute atomic E-state index is 0.232. The number of nitrogens with zero attached hydrogens (tertiary/aromatic N) is 2. The normalized spacial score (nSPS) is 16.0. The second-order valence-corrected chi connectivity index (χ2v) is 8.46. The molecule has 0 bridgehead atoms. The summed E-state index contributed by atoms with van der Waals surface area (Å²) >= 11 is 3.32. The summed E-state index contributed by atoms with van der Waals surface area (Å²) in [6.07, 6.45) is 0. The lowest BCUT2D eigenvalue weighted by atomic mass is 10.2. The van der Waals surface area contributed by atoms with Crippen molar-refractivity contribution in [1.82, 2.24) is 4.31 Å². The molecule has 1 fully saturated rings. The highest BCUT2D eigenvalue weighted by Crippen LogP contribution is 2.29. The molecule has 1 heterocycles. The Bertz CT molecular complexity index is 851. The summed E-state index contributed by atoms with van der Waals surface area (Å²) in [4.78, 5) is 2.28. The molecule has 8 heteroatoms. The van der Waals surface area contributed by atoms with Gasteiger partial charge in [0.25, 0.3) is 0 Å². The van der Waals surface area contributed by atoms with Gasteiger partial charge in [-0.15, -0.1) is 0 Å². The van der Waals surface area contributed by atoms with Gasteiger partial charge in [-0.1, -0.05) is 0 Å². The molecule has 2 aromatic carbocycles. The number of halogens is 2. The Balaban J connectivity index is 1.73. The molecular formula is C17H18BrFN2O3S. The van der Waals surface area contributed by atoms with Crippen LogP contribution in [0.2, 0.25) is 0 Å². The van der Waals surface area contributed by atoms with Crippen LogP contribution in [0, 0.1) is 5.82 Å². The van der Waals surface area contributed by atoms with Crippen molar-refractivity contribution in [2.45, 2.75) is 4.90 Å². The Morgan fingerprint density at radius 2 is 1.68 bits per heavy atom. The SMILES string of the molecule is COc1ccc(S(=O)(=O)N2CCN(c3ccc(F)cc3)CC2)cc1Br. The molecule has 3 rings (SSSR count). The lowest BCUT2D eigenvalue weighted by Gasteiger charge is -2.35. The molecule has 0 N–H and O–H groups in total. The Morgan fingerprint density at radius 1 is 1.04 bits per heavy atom. The van der Waals surface area contributed by atoms with Gasteiger partial charge in [-0.2, -0.15) is 4.31 Å². The fraction of sp³-hybridized carbons (Fsp3) is 0.294. The summed E-state index contributed by atoms with van der Waals surface area (Å²) in [5, 5.41) is 0. The average Bonchev–Trinajstić information content (AvgIpc) is 2.62. The lowest BCUT2D eigenvalue weighted by Crippen LogP contribution is -2.48. The number of piperazine rings is 1. The molecule has 0 aliphatic carbocycles. The van der Waals surface area contributed by atoms with Crippen molar-refractivity contribution < 1.29 is 17.5 Å². The van der Waals surface area contributed by atoms with Crippen LogP contribution in [0.15, 0.2) is 51.8 Å². The first-order valence-corrected chi connectivity index (χ1v) is 9.99. The summed E-state index contributed by atoms with van der Waals surface area (Å²) < 4.78 is 45.9. The molecule has 0 radical (unpaired) electrons. The number of benzene rings is 2. The van der Waals surface area contributed by atoms with Crippen LogP contribution in [0.25, 0.3) is 0 Å². The number of ether oxygens (including phenoxy) is 1. The molecule has 0 spiro atoms. The first-order valence-electron chi connectivity index (χ1n) is 7.76. The molecule has 0 atom stereocenters. The third-order valence-corrected chi connectivity index (χ3v) is 6.71. The lowest BCUT2D eigenvalue weighted by molar-refractivity contribution is 0.384. The number of rotatable bonds is 4. The van der Waals surface area contributed by atoms with E-state index in [0.717, 1.165) is 5.69 Å². The smallest absolute Gasteiger partial charge is 0.243 e. The Kier molecular flexibility index (Phi) is 5.31. The molecule has 2 aromatic rings. The first-order chi connectivity index (χ1) is 11.9. The molecule has 5 nitrogen and oxygen atoms in total. The number of methoxy groups -OCH3 is 1. The predicted octanol–water partition coefficient (Wildman–Crippen LogP) is 3.11. The van der Waals surface area contributed by atoms with E-state index < -0.39 is 10.0 Å². The van der Waals surface area contributed by atoms with Gasteiger partial charge in [0.15, 0.2) is 0 Å². The number of hydrogen-bond donors (Lipinski definition) is 0. The maximum absolute atomic E-state index is 13.0. The van der Waals surface area contributed by atoms with Crippen molar-refractivity contribution in [2.24, 2.45) is 0 Å². The van der Waals surface area contributed by atoms with Crippen LogP contribution in [0.3, 0.4) is 0 Å². The van der Waals surface area contributed by atoms with E-state index in [2.05, 4.69) is 20.8 Å². The predicted molar refractivity (Wildman–Crippen MR) is 98.1 cm³/mol. The largest absolute Gasteiger partial charge is 0.496 e. The summed E-state index contributed by atoms with van der Waals surface area (Å²) in [5.74, 6) is 0.301. The monoisotopic (exact) mass is 428 g/mol. The highest BCUT2D eigenvalue weighted by atomic mass is 79.9. The van der Waals surface area contributed by atoms with E-state index in [1.807, 2.05) is 0 Å². The quantitative estimate of drug-likeness (QED) is 0.750. The van der Waals surface area contributed by atoms with Gasteiger partial charge in [0, 0.05) is 31.9 Å². The maximum Gasteiger partial charge on any atom is 0.243 e. The third kappa shape index (κ3) is 3.80. The van der Waals surface area contributed by atoms with Crippen LogP contribution in [-0.4, -0.2) is 46.0 Å². The standard InChI is InChI=1S/C17H18BrFN2O3S/c1-24-17-7-6-15(12-16(17)18)25(22,23)21-10-8-20(9-11-21)14-4-2-13(19)3-5-14/h2-7,12H,8-11H2,1H3. The summed E-state index contributed by atoms with van der Waals surface area (Å²) in [6, 6.07) is 11.0. The van der Waals surface area contributed by atoms with Crippen molar-refractivity contribution >= 4 is 31.6 Å². The highest BCUT2D eigenvalue weighted by molar-refractivity contribution is 9.10. The average molecular weight is 429 g/mol. The molecule has 0 aromatic heterocycles. The van der Waals surface area contributed by atoms with Gasteiger partial charge in [0.05, 0.1) is 16.5 Å². The van der Waals surface area contributed by atoms with Gasteiger partial charge in [0.2, 0.25) is 10.0 Å². The molecule has 0 unspecified atom stereocenters. The fourth-order valence-corrected chi connectivity index (χ4v) is 4.94. The van der Waals surface area contributed by atoms with Crippen molar-refractivity contribution in [1.29, 1.82) is 0 Å². The van der Waals surface area contributed by atoms with E-state index in [1.54, 1.807) is 30.3 Å². The zero-order chi connectivity index (χ0) is 18.0. The number of anilines is 1. The van der Waals surface area contributed by atoms with E-state index in [-0.39, 0.29) is 10.7 Å². The number of sulfonamides is 1. The third-order valence-electron chi connectivity index (χ3n) is 4.19. The highest BCUT2D eigenvalue weighted by Gasteiger charge is 2.29. The van der Waals surface area contributed by atoms with Crippen molar-refractivity contribution in [3.05, 3.63) is 52.8 Å². The van der Waals surface area contributed by atoms with E-state index in [1.165, 1.54) is 23.5 Å². The van der Waals surface area contributed by atoms with E-state index in [4.69, 9.17) is 4.74 Å². The molecule has 1 aliphatic heterocycles. The summed E-state index contributed by atoms with van der Waals surface area (Å²) in [5.41, 5.74) is 0.894. The molecule has 134 valence electrons. The van der Waals surface area contributed by atoms with E-state index in [9.17, 15) is 12.8 Å². The van der Waals surface area contributed by atoms with Gasteiger partial charge >= 0.3 is 0 Å². The maximum atomic E-state index is 13.0. The van der Waals surface area contributed by atoms with Crippen LogP contribution < -0.4 is 9.64 Å². The zero-order valence-corrected chi connectivity index (χ0v) is 16.1. The Morgan fingerprint density at radius 3 is 2.24 bits per heavy atom. The minimum atomic E-state index is -3.56. The second-order valence-electron chi connectivity index (χ2n) is 5.66. The van der Waals surface area contributed by atoms with E-state index in [0.29, 0.717) is 36.4 Å². The van der Waals surface area contributed by atoms with Gasteiger partial charge < -0.3 is 9.64 Å². The first kappa shape index (κ1) is 18.2.